The monoisotopic (exact) mass is 304 g/mol. The maximum absolute atomic E-state index is 11.8. The second kappa shape index (κ2) is 5.24. The van der Waals surface area contributed by atoms with Gasteiger partial charge < -0.3 is 4.90 Å². The van der Waals surface area contributed by atoms with Crippen LogP contribution < -0.4 is 0 Å². The van der Waals surface area contributed by atoms with Crippen LogP contribution in [0.4, 0.5) is 0 Å². The molecule has 0 bridgehead atoms. The summed E-state index contributed by atoms with van der Waals surface area (Å²) in [6.07, 6.45) is 0.887. The van der Waals surface area contributed by atoms with Crippen molar-refractivity contribution in [3.63, 3.8) is 0 Å². The van der Waals surface area contributed by atoms with E-state index in [0.717, 1.165) is 30.9 Å². The summed E-state index contributed by atoms with van der Waals surface area (Å²) in [6, 6.07) is 3.35. The van der Waals surface area contributed by atoms with Crippen molar-refractivity contribution in [2.24, 2.45) is 0 Å². The van der Waals surface area contributed by atoms with Crippen LogP contribution in [0.2, 0.25) is 5.15 Å². The van der Waals surface area contributed by atoms with Crippen molar-refractivity contribution in [2.45, 2.75) is 26.8 Å². The van der Waals surface area contributed by atoms with Gasteiger partial charge in [0, 0.05) is 25.1 Å². The number of halogens is 1. The Hall–Kier alpha value is -1.72. The molecular formula is C15H17ClN4O. The number of aromatic nitrogens is 3. The molecule has 0 N–H and O–H groups in total. The number of fused-ring (bicyclic) bond motifs is 1. The van der Waals surface area contributed by atoms with Crippen LogP contribution >= 0.6 is 11.6 Å². The molecule has 2 aromatic rings. The Bertz CT molecular complexity index is 723. The van der Waals surface area contributed by atoms with Crippen molar-refractivity contribution in [1.29, 1.82) is 0 Å². The third kappa shape index (κ3) is 2.47. The summed E-state index contributed by atoms with van der Waals surface area (Å²) in [7, 11) is 2.10. The highest BCUT2D eigenvalue weighted by Gasteiger charge is 2.24. The van der Waals surface area contributed by atoms with E-state index >= 15 is 0 Å². The summed E-state index contributed by atoms with van der Waals surface area (Å²) < 4.78 is 1.79. The number of likely N-dealkylation sites (N-methyl/N-ethyl adjacent to an activating group) is 1. The van der Waals surface area contributed by atoms with Crippen LogP contribution in [0.15, 0.2) is 12.1 Å². The third-order valence-corrected chi connectivity index (χ3v) is 4.08. The fraction of sp³-hybridized carbons (Fsp3) is 0.400. The Morgan fingerprint density at radius 2 is 2.14 bits per heavy atom. The zero-order chi connectivity index (χ0) is 15.1. The highest BCUT2D eigenvalue weighted by Crippen LogP contribution is 2.26. The molecule has 3 heterocycles. The van der Waals surface area contributed by atoms with E-state index in [1.807, 2.05) is 6.92 Å². The number of pyridine rings is 1. The number of hydrogen-bond acceptors (Lipinski definition) is 4. The van der Waals surface area contributed by atoms with Crippen LogP contribution in [0.1, 0.15) is 34.2 Å². The van der Waals surface area contributed by atoms with Gasteiger partial charge in [-0.05, 0) is 33.0 Å². The van der Waals surface area contributed by atoms with Gasteiger partial charge in [0.1, 0.15) is 5.15 Å². The maximum Gasteiger partial charge on any atom is 0.166 e. The molecule has 0 spiro atoms. The average Bonchev–Trinajstić information content (AvgIpc) is 2.75. The lowest BCUT2D eigenvalue weighted by Gasteiger charge is -2.23. The summed E-state index contributed by atoms with van der Waals surface area (Å²) in [5.41, 5.74) is 3.87. The first-order chi connectivity index (χ1) is 9.97. The second-order valence-electron chi connectivity index (χ2n) is 5.47. The van der Waals surface area contributed by atoms with Crippen LogP contribution in [0, 0.1) is 6.92 Å². The summed E-state index contributed by atoms with van der Waals surface area (Å²) in [5.74, 6) is 0.493. The molecule has 0 fully saturated rings. The summed E-state index contributed by atoms with van der Waals surface area (Å²) in [6.45, 7) is 5.36. The number of Topliss-reactive ketones (excluding diaryl/α,β-unsaturated/α-hetero) is 1. The predicted molar refractivity (Wildman–Crippen MR) is 81.1 cm³/mol. The Kier molecular flexibility index (Phi) is 3.55. The van der Waals surface area contributed by atoms with Gasteiger partial charge in [0.15, 0.2) is 11.6 Å². The zero-order valence-electron chi connectivity index (χ0n) is 12.4. The molecule has 0 amide bonds. The average molecular weight is 305 g/mol. The normalized spacial score (nSPS) is 15.0. The van der Waals surface area contributed by atoms with Crippen LogP contribution in [0.5, 0.6) is 0 Å². The number of carbonyl (C=O) groups excluding carboxylic acids is 1. The number of ketones is 1. The topological polar surface area (TPSA) is 51.0 Å². The third-order valence-electron chi connectivity index (χ3n) is 3.87. The Morgan fingerprint density at radius 3 is 2.86 bits per heavy atom. The van der Waals surface area contributed by atoms with Crippen LogP contribution in [0.25, 0.3) is 5.82 Å². The smallest absolute Gasteiger partial charge is 0.166 e. The van der Waals surface area contributed by atoms with Gasteiger partial charge in [-0.15, -0.1) is 0 Å². The van der Waals surface area contributed by atoms with E-state index < -0.39 is 0 Å². The standard InChI is InChI=1S/C15H17ClN4O/c1-9-12-8-19(3)7-6-13(12)20(18-9)15-11(10(2)21)4-5-14(16)17-15/h4-5H,6-8H2,1-3H3. The number of hydrogen-bond donors (Lipinski definition) is 0. The Labute approximate surface area is 128 Å². The Balaban J connectivity index is 2.20. The van der Waals surface area contributed by atoms with Crippen molar-refractivity contribution in [1.82, 2.24) is 19.7 Å². The molecule has 0 saturated carbocycles. The van der Waals surface area contributed by atoms with Crippen LogP contribution in [0.3, 0.4) is 0 Å². The van der Waals surface area contributed by atoms with E-state index in [9.17, 15) is 4.79 Å². The molecule has 0 aromatic carbocycles. The van der Waals surface area contributed by atoms with Gasteiger partial charge in [-0.2, -0.15) is 5.10 Å². The van der Waals surface area contributed by atoms with Crippen molar-refractivity contribution in [2.75, 3.05) is 13.6 Å². The van der Waals surface area contributed by atoms with Gasteiger partial charge >= 0.3 is 0 Å². The van der Waals surface area contributed by atoms with E-state index in [1.165, 1.54) is 12.5 Å². The first-order valence-corrected chi connectivity index (χ1v) is 7.29. The predicted octanol–water partition coefficient (Wildman–Crippen LogP) is 2.42. The molecule has 0 aliphatic carbocycles. The van der Waals surface area contributed by atoms with E-state index in [4.69, 9.17) is 11.6 Å². The van der Waals surface area contributed by atoms with Gasteiger partial charge in [0.2, 0.25) is 0 Å². The van der Waals surface area contributed by atoms with Crippen molar-refractivity contribution in [3.8, 4) is 5.82 Å². The highest BCUT2D eigenvalue weighted by molar-refractivity contribution is 6.29. The molecule has 0 atom stereocenters. The number of rotatable bonds is 2. The fourth-order valence-electron chi connectivity index (χ4n) is 2.75. The lowest BCUT2D eigenvalue weighted by Crippen LogP contribution is -2.27. The first kappa shape index (κ1) is 14.2. The van der Waals surface area contributed by atoms with Gasteiger partial charge in [0.25, 0.3) is 0 Å². The molecule has 0 saturated heterocycles. The molecule has 6 heteroatoms. The largest absolute Gasteiger partial charge is 0.302 e. The van der Waals surface area contributed by atoms with Gasteiger partial charge in [-0.25, -0.2) is 9.67 Å². The molecular weight excluding hydrogens is 288 g/mol. The van der Waals surface area contributed by atoms with E-state index in [0.29, 0.717) is 16.5 Å². The van der Waals surface area contributed by atoms with Crippen molar-refractivity contribution >= 4 is 17.4 Å². The maximum atomic E-state index is 11.8. The first-order valence-electron chi connectivity index (χ1n) is 6.91. The van der Waals surface area contributed by atoms with Crippen molar-refractivity contribution < 1.29 is 4.79 Å². The minimum atomic E-state index is -0.0380. The Morgan fingerprint density at radius 1 is 1.38 bits per heavy atom. The SMILES string of the molecule is CC(=O)c1ccc(Cl)nc1-n1nc(C)c2c1CCN(C)C2. The molecule has 0 unspecified atom stereocenters. The van der Waals surface area contributed by atoms with Gasteiger partial charge in [0.05, 0.1) is 17.0 Å². The van der Waals surface area contributed by atoms with Gasteiger partial charge in [-0.1, -0.05) is 11.6 Å². The molecule has 21 heavy (non-hydrogen) atoms. The summed E-state index contributed by atoms with van der Waals surface area (Å²) in [5, 5.41) is 4.96. The zero-order valence-corrected chi connectivity index (χ0v) is 13.1. The molecule has 5 nitrogen and oxygen atoms in total. The molecule has 110 valence electrons. The molecule has 2 aromatic heterocycles. The number of aryl methyl sites for hydroxylation is 1. The number of nitrogens with zero attached hydrogens (tertiary/aromatic N) is 4. The summed E-state index contributed by atoms with van der Waals surface area (Å²) >= 11 is 6.01. The van der Waals surface area contributed by atoms with Gasteiger partial charge in [-0.3, -0.25) is 4.79 Å². The van der Waals surface area contributed by atoms with E-state index in [2.05, 4.69) is 22.0 Å². The highest BCUT2D eigenvalue weighted by atomic mass is 35.5. The van der Waals surface area contributed by atoms with E-state index in [1.54, 1.807) is 16.8 Å². The van der Waals surface area contributed by atoms with Crippen LogP contribution in [-0.4, -0.2) is 39.0 Å². The lowest BCUT2D eigenvalue weighted by molar-refractivity contribution is 0.101. The van der Waals surface area contributed by atoms with E-state index in [-0.39, 0.29) is 5.78 Å². The lowest BCUT2D eigenvalue weighted by atomic mass is 10.1. The molecule has 1 aliphatic heterocycles. The molecule has 1 aliphatic rings. The minimum absolute atomic E-state index is 0.0380. The number of carbonyl (C=O) groups is 1. The quantitative estimate of drug-likeness (QED) is 0.631. The van der Waals surface area contributed by atoms with Crippen molar-refractivity contribution in [3.05, 3.63) is 39.8 Å². The van der Waals surface area contributed by atoms with Crippen LogP contribution in [-0.2, 0) is 13.0 Å². The molecule has 3 rings (SSSR count). The minimum Gasteiger partial charge on any atom is -0.302 e. The second-order valence-corrected chi connectivity index (χ2v) is 5.86. The molecule has 0 radical (unpaired) electrons. The fourth-order valence-corrected chi connectivity index (χ4v) is 2.90. The summed E-state index contributed by atoms with van der Waals surface area (Å²) in [4.78, 5) is 18.4.